The molecule has 4 rings (SSSR count). The summed E-state index contributed by atoms with van der Waals surface area (Å²) in [5, 5.41) is -0.247. The maximum absolute atomic E-state index is 13.6. The van der Waals surface area contributed by atoms with Gasteiger partial charge in [-0.2, -0.15) is 13.2 Å². The van der Waals surface area contributed by atoms with Crippen LogP contribution >= 0.6 is 11.8 Å². The predicted molar refractivity (Wildman–Crippen MR) is 118 cm³/mol. The van der Waals surface area contributed by atoms with Crippen LogP contribution in [0.2, 0.25) is 0 Å². The van der Waals surface area contributed by atoms with E-state index in [0.717, 1.165) is 24.7 Å². The SMILES string of the molecule is FC(F)(F)c1ccccc1S[C@H](c1ccccc1)[C@H]1CN(Cc2ccccc2)CCO1. The fourth-order valence-electron chi connectivity index (χ4n) is 3.84. The van der Waals surface area contributed by atoms with E-state index in [0.29, 0.717) is 13.2 Å². The molecule has 0 aliphatic carbocycles. The molecule has 1 heterocycles. The number of thioether (sulfide) groups is 1. The van der Waals surface area contributed by atoms with Crippen molar-refractivity contribution >= 4 is 11.8 Å². The number of alkyl halides is 3. The smallest absolute Gasteiger partial charge is 0.374 e. The van der Waals surface area contributed by atoms with Gasteiger partial charge in [0.15, 0.2) is 0 Å². The van der Waals surface area contributed by atoms with Gasteiger partial charge in [-0.3, -0.25) is 4.90 Å². The van der Waals surface area contributed by atoms with Crippen molar-refractivity contribution in [1.29, 1.82) is 0 Å². The first-order chi connectivity index (χ1) is 15.0. The summed E-state index contributed by atoms with van der Waals surface area (Å²) in [6, 6.07) is 25.7. The monoisotopic (exact) mass is 443 g/mol. The highest BCUT2D eigenvalue weighted by molar-refractivity contribution is 7.99. The Bertz CT molecular complexity index is 965. The van der Waals surface area contributed by atoms with Crippen molar-refractivity contribution in [2.45, 2.75) is 29.0 Å². The Morgan fingerprint density at radius 1 is 0.903 bits per heavy atom. The molecular weight excluding hydrogens is 419 g/mol. The lowest BCUT2D eigenvalue weighted by molar-refractivity contribution is -0.139. The lowest BCUT2D eigenvalue weighted by Gasteiger charge is -2.37. The third-order valence-electron chi connectivity index (χ3n) is 5.34. The van der Waals surface area contributed by atoms with Crippen molar-refractivity contribution in [3.63, 3.8) is 0 Å². The van der Waals surface area contributed by atoms with Crippen LogP contribution in [0.15, 0.2) is 89.8 Å². The van der Waals surface area contributed by atoms with Crippen molar-refractivity contribution in [3.8, 4) is 0 Å². The van der Waals surface area contributed by atoms with Crippen molar-refractivity contribution < 1.29 is 17.9 Å². The number of ether oxygens (including phenoxy) is 1. The average Bonchev–Trinajstić information content (AvgIpc) is 2.78. The van der Waals surface area contributed by atoms with Crippen LogP contribution in [0.3, 0.4) is 0 Å². The van der Waals surface area contributed by atoms with Crippen LogP contribution < -0.4 is 0 Å². The average molecular weight is 444 g/mol. The van der Waals surface area contributed by atoms with E-state index < -0.39 is 11.7 Å². The van der Waals surface area contributed by atoms with E-state index in [-0.39, 0.29) is 16.2 Å². The van der Waals surface area contributed by atoms with Gasteiger partial charge < -0.3 is 4.74 Å². The molecule has 31 heavy (non-hydrogen) atoms. The van der Waals surface area contributed by atoms with E-state index in [1.54, 1.807) is 12.1 Å². The molecule has 2 atom stereocenters. The van der Waals surface area contributed by atoms with Gasteiger partial charge in [0.05, 0.1) is 23.5 Å². The minimum absolute atomic E-state index is 0.217. The van der Waals surface area contributed by atoms with Gasteiger partial charge in [-0.1, -0.05) is 72.8 Å². The number of rotatable bonds is 6. The third-order valence-corrected chi connectivity index (χ3v) is 6.78. The number of hydrogen-bond donors (Lipinski definition) is 0. The van der Waals surface area contributed by atoms with Crippen LogP contribution in [0.25, 0.3) is 0 Å². The van der Waals surface area contributed by atoms with Crippen molar-refractivity contribution in [1.82, 2.24) is 4.90 Å². The molecule has 0 bridgehead atoms. The first-order valence-electron chi connectivity index (χ1n) is 10.3. The Morgan fingerprint density at radius 3 is 2.26 bits per heavy atom. The summed E-state index contributed by atoms with van der Waals surface area (Å²) >= 11 is 1.24. The van der Waals surface area contributed by atoms with E-state index in [2.05, 4.69) is 17.0 Å². The van der Waals surface area contributed by atoms with E-state index in [1.165, 1.54) is 23.4 Å². The second kappa shape index (κ2) is 9.90. The molecular formula is C25H24F3NOS. The fourth-order valence-corrected chi connectivity index (χ4v) is 5.19. The van der Waals surface area contributed by atoms with Crippen molar-refractivity contribution in [2.24, 2.45) is 0 Å². The highest BCUT2D eigenvalue weighted by atomic mass is 32.2. The van der Waals surface area contributed by atoms with Gasteiger partial charge in [0, 0.05) is 24.5 Å². The van der Waals surface area contributed by atoms with Crippen molar-refractivity contribution in [2.75, 3.05) is 19.7 Å². The molecule has 0 unspecified atom stereocenters. The largest absolute Gasteiger partial charge is 0.417 e. The molecule has 3 aromatic carbocycles. The molecule has 3 aromatic rings. The fraction of sp³-hybridized carbons (Fsp3) is 0.280. The molecule has 0 aromatic heterocycles. The van der Waals surface area contributed by atoms with Crippen LogP contribution in [-0.2, 0) is 17.5 Å². The molecule has 1 saturated heterocycles. The number of nitrogens with zero attached hydrogens (tertiary/aromatic N) is 1. The summed E-state index contributed by atoms with van der Waals surface area (Å²) in [6.45, 7) is 2.82. The van der Waals surface area contributed by atoms with E-state index in [1.807, 2.05) is 48.5 Å². The van der Waals surface area contributed by atoms with Crippen LogP contribution in [0, 0.1) is 0 Å². The standard InChI is InChI=1S/C25H24F3NOS/c26-25(27,28)21-13-7-8-14-23(21)31-24(20-11-5-2-6-12-20)22-18-29(15-16-30-22)17-19-9-3-1-4-10-19/h1-14,22,24H,15-18H2/t22-,24-/m1/s1. The number of halogens is 3. The topological polar surface area (TPSA) is 12.5 Å². The molecule has 1 fully saturated rings. The number of hydrogen-bond acceptors (Lipinski definition) is 3. The van der Waals surface area contributed by atoms with Gasteiger partial charge >= 0.3 is 6.18 Å². The Morgan fingerprint density at radius 2 is 1.55 bits per heavy atom. The van der Waals surface area contributed by atoms with Gasteiger partial charge in [0.1, 0.15) is 0 Å². The summed E-state index contributed by atoms with van der Waals surface area (Å²) in [6.07, 6.45) is -4.61. The summed E-state index contributed by atoms with van der Waals surface area (Å²) in [7, 11) is 0. The first-order valence-corrected chi connectivity index (χ1v) is 11.1. The van der Waals surface area contributed by atoms with Crippen molar-refractivity contribution in [3.05, 3.63) is 102 Å². The molecule has 0 N–H and O–H groups in total. The normalized spacial score (nSPS) is 18.6. The van der Waals surface area contributed by atoms with Crippen LogP contribution in [-0.4, -0.2) is 30.7 Å². The minimum Gasteiger partial charge on any atom is -0.374 e. The summed E-state index contributed by atoms with van der Waals surface area (Å²) < 4.78 is 46.9. The molecule has 1 aliphatic heterocycles. The highest BCUT2D eigenvalue weighted by Gasteiger charge is 2.36. The van der Waals surface area contributed by atoms with E-state index in [4.69, 9.17) is 4.74 Å². The molecule has 0 radical (unpaired) electrons. The Labute approximate surface area is 185 Å². The van der Waals surface area contributed by atoms with Crippen LogP contribution in [0.1, 0.15) is 21.9 Å². The molecule has 1 aliphatic rings. The summed E-state index contributed by atoms with van der Waals surface area (Å²) in [5.41, 5.74) is 1.59. The van der Waals surface area contributed by atoms with Gasteiger partial charge in [-0.25, -0.2) is 0 Å². The van der Waals surface area contributed by atoms with Gasteiger partial charge in [0.2, 0.25) is 0 Å². The lowest BCUT2D eigenvalue weighted by atomic mass is 10.1. The quantitative estimate of drug-likeness (QED) is 0.407. The Balaban J connectivity index is 1.59. The maximum Gasteiger partial charge on any atom is 0.417 e. The van der Waals surface area contributed by atoms with Crippen LogP contribution in [0.5, 0.6) is 0 Å². The summed E-state index contributed by atoms with van der Waals surface area (Å²) in [5.74, 6) is 0. The van der Waals surface area contributed by atoms with E-state index in [9.17, 15) is 13.2 Å². The van der Waals surface area contributed by atoms with Gasteiger partial charge in [-0.05, 0) is 23.3 Å². The van der Waals surface area contributed by atoms with Crippen LogP contribution in [0.4, 0.5) is 13.2 Å². The second-order valence-electron chi connectivity index (χ2n) is 7.57. The molecule has 0 amide bonds. The predicted octanol–water partition coefficient (Wildman–Crippen LogP) is 6.44. The zero-order chi connectivity index (χ0) is 21.7. The molecule has 2 nitrogen and oxygen atoms in total. The Kier molecular flexibility index (Phi) is 7.00. The first kappa shape index (κ1) is 21.9. The summed E-state index contributed by atoms with van der Waals surface area (Å²) in [4.78, 5) is 2.54. The number of benzene rings is 3. The third kappa shape index (κ3) is 5.70. The van der Waals surface area contributed by atoms with Gasteiger partial charge in [-0.15, -0.1) is 11.8 Å². The second-order valence-corrected chi connectivity index (χ2v) is 8.76. The molecule has 6 heteroatoms. The van der Waals surface area contributed by atoms with Gasteiger partial charge in [0.25, 0.3) is 0 Å². The lowest BCUT2D eigenvalue weighted by Crippen LogP contribution is -2.44. The van der Waals surface area contributed by atoms with E-state index >= 15 is 0 Å². The molecule has 0 saturated carbocycles. The Hall–Kier alpha value is -2.28. The molecule has 162 valence electrons. The minimum atomic E-state index is -4.39. The highest BCUT2D eigenvalue weighted by Crippen LogP contribution is 2.45. The zero-order valence-corrected chi connectivity index (χ0v) is 17.8. The number of morpholine rings is 1. The maximum atomic E-state index is 13.6. The molecule has 0 spiro atoms. The zero-order valence-electron chi connectivity index (χ0n) is 17.0.